The van der Waals surface area contributed by atoms with Gasteiger partial charge in [-0.15, -0.1) is 24.0 Å². The maximum Gasteiger partial charge on any atom is 0.251 e. The third kappa shape index (κ3) is 7.65. The monoisotopic (exact) mass is 487 g/mol. The lowest BCUT2D eigenvalue weighted by Crippen LogP contribution is -2.42. The number of carbonyl (C=O) groups excluding carboxylic acids is 1. The van der Waals surface area contributed by atoms with Crippen molar-refractivity contribution >= 4 is 35.8 Å². The number of nitrogens with two attached hydrogens (primary N) is 1. The van der Waals surface area contributed by atoms with Crippen LogP contribution in [0.15, 0.2) is 29.3 Å². The minimum Gasteiger partial charge on any atom is -0.370 e. The first-order valence-corrected chi connectivity index (χ1v) is 9.71. The summed E-state index contributed by atoms with van der Waals surface area (Å²) in [6.07, 6.45) is 3.39. The van der Waals surface area contributed by atoms with Gasteiger partial charge in [-0.1, -0.05) is 26.0 Å². The maximum absolute atomic E-state index is 12.1. The van der Waals surface area contributed by atoms with Crippen molar-refractivity contribution in [2.24, 2.45) is 10.7 Å². The van der Waals surface area contributed by atoms with Crippen LogP contribution >= 0.6 is 24.0 Å². The van der Waals surface area contributed by atoms with E-state index < -0.39 is 0 Å². The number of likely N-dealkylation sites (N-methyl/N-ethyl adjacent to an activating group) is 1. The smallest absolute Gasteiger partial charge is 0.251 e. The van der Waals surface area contributed by atoms with Gasteiger partial charge in [0.15, 0.2) is 5.96 Å². The van der Waals surface area contributed by atoms with E-state index in [2.05, 4.69) is 34.4 Å². The molecule has 1 aliphatic heterocycles. The third-order valence-corrected chi connectivity index (χ3v) is 5.06. The van der Waals surface area contributed by atoms with Crippen LogP contribution in [-0.4, -0.2) is 48.5 Å². The van der Waals surface area contributed by atoms with E-state index >= 15 is 0 Å². The number of nitrogens with zero attached hydrogens (tertiary/aromatic N) is 2. The molecule has 1 aromatic carbocycles. The van der Waals surface area contributed by atoms with E-state index in [1.54, 1.807) is 0 Å². The van der Waals surface area contributed by atoms with Gasteiger partial charge in [0.2, 0.25) is 0 Å². The number of amides is 1. The van der Waals surface area contributed by atoms with E-state index in [1.165, 1.54) is 19.4 Å². The Morgan fingerprint density at radius 1 is 1.33 bits per heavy atom. The summed E-state index contributed by atoms with van der Waals surface area (Å²) in [5.41, 5.74) is 7.70. The van der Waals surface area contributed by atoms with Crippen LogP contribution in [0.1, 0.15) is 56.0 Å². The molecule has 6 nitrogen and oxygen atoms in total. The molecule has 7 heteroatoms. The van der Waals surface area contributed by atoms with Gasteiger partial charge in [0, 0.05) is 24.2 Å². The van der Waals surface area contributed by atoms with Gasteiger partial charge in [-0.05, 0) is 57.0 Å². The second kappa shape index (κ2) is 12.2. The Bertz CT molecular complexity index is 605. The summed E-state index contributed by atoms with van der Waals surface area (Å²) in [6, 6.07) is 8.27. The number of carbonyl (C=O) groups is 1. The van der Waals surface area contributed by atoms with Crippen LogP contribution in [-0.2, 0) is 6.54 Å². The molecule has 2 atom stereocenters. The Balaban J connectivity index is 0.00000364. The summed E-state index contributed by atoms with van der Waals surface area (Å²) < 4.78 is 0. The van der Waals surface area contributed by atoms with Crippen LogP contribution in [0.2, 0.25) is 0 Å². The normalized spacial score (nSPS) is 18.6. The number of nitrogens with one attached hydrogen (secondary N) is 2. The molecule has 2 unspecified atom stereocenters. The average Bonchev–Trinajstić information content (AvgIpc) is 3.12. The summed E-state index contributed by atoms with van der Waals surface area (Å²) >= 11 is 0. The summed E-state index contributed by atoms with van der Waals surface area (Å²) in [7, 11) is 0. The van der Waals surface area contributed by atoms with Crippen LogP contribution in [0, 0.1) is 0 Å². The van der Waals surface area contributed by atoms with E-state index in [0.29, 0.717) is 24.1 Å². The van der Waals surface area contributed by atoms with Crippen molar-refractivity contribution in [1.29, 1.82) is 0 Å². The van der Waals surface area contributed by atoms with E-state index in [0.717, 1.165) is 25.1 Å². The standard InChI is InChI=1S/C20H33N5O.HI/c1-4-15(3)24-19(26)17-10-8-16(9-11-17)13-22-20(21)23-14-18-7-6-12-25(18)5-2;/h8-11,15,18H,4-7,12-14H2,1-3H3,(H,24,26)(H3,21,22,23);1H. The number of rotatable bonds is 8. The molecule has 0 saturated carbocycles. The molecule has 0 radical (unpaired) electrons. The Morgan fingerprint density at radius 2 is 2.04 bits per heavy atom. The predicted molar refractivity (Wildman–Crippen MR) is 123 cm³/mol. The van der Waals surface area contributed by atoms with Crippen molar-refractivity contribution in [3.8, 4) is 0 Å². The number of benzene rings is 1. The van der Waals surface area contributed by atoms with Crippen molar-refractivity contribution in [2.75, 3.05) is 19.6 Å². The SMILES string of the molecule is CCC(C)NC(=O)c1ccc(CN=C(N)NCC2CCCN2CC)cc1.I. The van der Waals surface area contributed by atoms with E-state index in [4.69, 9.17) is 5.73 Å². The van der Waals surface area contributed by atoms with Crippen LogP contribution in [0.4, 0.5) is 0 Å². The minimum absolute atomic E-state index is 0. The topological polar surface area (TPSA) is 82.8 Å². The highest BCUT2D eigenvalue weighted by atomic mass is 127. The van der Waals surface area contributed by atoms with Gasteiger partial charge in [-0.2, -0.15) is 0 Å². The molecule has 1 heterocycles. The molecular formula is C20H34IN5O. The summed E-state index contributed by atoms with van der Waals surface area (Å²) in [4.78, 5) is 19.0. The number of hydrogen-bond acceptors (Lipinski definition) is 3. The number of guanidine groups is 1. The molecule has 152 valence electrons. The molecule has 1 aromatic rings. The number of likely N-dealkylation sites (tertiary alicyclic amines) is 1. The van der Waals surface area contributed by atoms with Crippen molar-refractivity contribution in [2.45, 2.75) is 58.7 Å². The van der Waals surface area contributed by atoms with Crippen molar-refractivity contribution in [3.63, 3.8) is 0 Å². The highest BCUT2D eigenvalue weighted by Gasteiger charge is 2.22. The zero-order chi connectivity index (χ0) is 18.9. The first-order chi connectivity index (χ1) is 12.5. The van der Waals surface area contributed by atoms with Crippen molar-refractivity contribution in [1.82, 2.24) is 15.5 Å². The van der Waals surface area contributed by atoms with Gasteiger partial charge in [0.25, 0.3) is 5.91 Å². The summed E-state index contributed by atoms with van der Waals surface area (Å²) in [6.45, 7) is 9.87. The lowest BCUT2D eigenvalue weighted by Gasteiger charge is -2.23. The first-order valence-electron chi connectivity index (χ1n) is 9.71. The maximum atomic E-state index is 12.1. The summed E-state index contributed by atoms with van der Waals surface area (Å²) in [5.74, 6) is 0.444. The Morgan fingerprint density at radius 3 is 2.67 bits per heavy atom. The van der Waals surface area contributed by atoms with Crippen molar-refractivity contribution in [3.05, 3.63) is 35.4 Å². The van der Waals surface area contributed by atoms with Crippen LogP contribution in [0.3, 0.4) is 0 Å². The third-order valence-electron chi connectivity index (χ3n) is 5.06. The van der Waals surface area contributed by atoms with Gasteiger partial charge in [0.1, 0.15) is 0 Å². The average molecular weight is 487 g/mol. The molecular weight excluding hydrogens is 453 g/mol. The Hall–Kier alpha value is -1.35. The highest BCUT2D eigenvalue weighted by Crippen LogP contribution is 2.15. The Kier molecular flexibility index (Phi) is 10.7. The zero-order valence-corrected chi connectivity index (χ0v) is 19.0. The van der Waals surface area contributed by atoms with E-state index in [-0.39, 0.29) is 35.9 Å². The fourth-order valence-corrected chi connectivity index (χ4v) is 3.17. The van der Waals surface area contributed by atoms with Gasteiger partial charge in [-0.3, -0.25) is 9.69 Å². The molecule has 2 rings (SSSR count). The molecule has 1 amide bonds. The lowest BCUT2D eigenvalue weighted by molar-refractivity contribution is 0.0939. The molecule has 0 aromatic heterocycles. The second-order valence-corrected chi connectivity index (χ2v) is 6.99. The van der Waals surface area contributed by atoms with Crippen molar-refractivity contribution < 1.29 is 4.79 Å². The molecule has 1 fully saturated rings. The Labute approximate surface area is 180 Å². The minimum atomic E-state index is -0.0346. The summed E-state index contributed by atoms with van der Waals surface area (Å²) in [5, 5.41) is 6.21. The second-order valence-electron chi connectivity index (χ2n) is 6.99. The molecule has 1 saturated heterocycles. The number of hydrogen-bond donors (Lipinski definition) is 3. The quantitative estimate of drug-likeness (QED) is 0.299. The first kappa shape index (κ1) is 23.7. The fourth-order valence-electron chi connectivity index (χ4n) is 3.17. The van der Waals surface area contributed by atoms with Gasteiger partial charge in [-0.25, -0.2) is 4.99 Å². The van der Waals surface area contributed by atoms with Crippen LogP contribution < -0.4 is 16.4 Å². The zero-order valence-electron chi connectivity index (χ0n) is 16.7. The lowest BCUT2D eigenvalue weighted by atomic mass is 10.1. The number of halogens is 1. The molecule has 0 aliphatic carbocycles. The van der Waals surface area contributed by atoms with Gasteiger partial charge < -0.3 is 16.4 Å². The molecule has 0 bridgehead atoms. The van der Waals surface area contributed by atoms with E-state index in [1.807, 2.05) is 31.2 Å². The van der Waals surface area contributed by atoms with Gasteiger partial charge >= 0.3 is 0 Å². The fraction of sp³-hybridized carbons (Fsp3) is 0.600. The van der Waals surface area contributed by atoms with Gasteiger partial charge in [0.05, 0.1) is 6.54 Å². The molecule has 0 spiro atoms. The molecule has 1 aliphatic rings. The number of aliphatic imine (C=N–C) groups is 1. The highest BCUT2D eigenvalue weighted by molar-refractivity contribution is 14.0. The van der Waals surface area contributed by atoms with Crippen LogP contribution in [0.5, 0.6) is 0 Å². The largest absolute Gasteiger partial charge is 0.370 e. The molecule has 4 N–H and O–H groups in total. The van der Waals surface area contributed by atoms with E-state index in [9.17, 15) is 4.79 Å². The molecule has 27 heavy (non-hydrogen) atoms. The predicted octanol–water partition coefficient (Wildman–Crippen LogP) is 2.72. The van der Waals surface area contributed by atoms with Crippen LogP contribution in [0.25, 0.3) is 0 Å².